The van der Waals surface area contributed by atoms with Gasteiger partial charge in [0.15, 0.2) is 0 Å². The van der Waals surface area contributed by atoms with Crippen LogP contribution in [0.3, 0.4) is 0 Å². The number of aryl methyl sites for hydroxylation is 1. The molecule has 2 rings (SSSR count). The molecule has 1 N–H and O–H groups in total. The normalized spacial score (nSPS) is 10.8. The molecule has 1 aromatic heterocycles. The van der Waals surface area contributed by atoms with Crippen LogP contribution in [0.5, 0.6) is 0 Å². The molecular formula is C9H9BrN2. The van der Waals surface area contributed by atoms with Crippen molar-refractivity contribution in [1.29, 1.82) is 0 Å². The molecule has 0 saturated heterocycles. The van der Waals surface area contributed by atoms with Crippen molar-refractivity contribution in [2.75, 3.05) is 0 Å². The molecule has 2 nitrogen and oxygen atoms in total. The van der Waals surface area contributed by atoms with Crippen molar-refractivity contribution in [3.8, 4) is 0 Å². The summed E-state index contributed by atoms with van der Waals surface area (Å²) in [5.74, 6) is 0. The Morgan fingerprint density at radius 2 is 2.33 bits per heavy atom. The van der Waals surface area contributed by atoms with Crippen molar-refractivity contribution >= 4 is 26.8 Å². The third-order valence-electron chi connectivity index (χ3n) is 1.98. The van der Waals surface area contributed by atoms with E-state index in [4.69, 9.17) is 0 Å². The minimum Gasteiger partial charge on any atom is -0.278 e. The Hall–Kier alpha value is -0.830. The number of halogens is 1. The van der Waals surface area contributed by atoms with Crippen LogP contribution in [0.25, 0.3) is 10.9 Å². The zero-order chi connectivity index (χ0) is 8.55. The Bertz CT molecular complexity index is 406. The molecule has 62 valence electrons. The predicted molar refractivity (Wildman–Crippen MR) is 53.2 cm³/mol. The molecule has 0 spiro atoms. The summed E-state index contributed by atoms with van der Waals surface area (Å²) in [6.45, 7) is 2.14. The lowest BCUT2D eigenvalue weighted by Crippen LogP contribution is -1.80. The molecular weight excluding hydrogens is 216 g/mol. The van der Waals surface area contributed by atoms with Crippen molar-refractivity contribution in [3.05, 3.63) is 28.4 Å². The van der Waals surface area contributed by atoms with E-state index in [-0.39, 0.29) is 0 Å². The molecule has 0 radical (unpaired) electrons. The van der Waals surface area contributed by atoms with E-state index in [2.05, 4.69) is 45.2 Å². The summed E-state index contributed by atoms with van der Waals surface area (Å²) in [4.78, 5) is 0. The van der Waals surface area contributed by atoms with Gasteiger partial charge in [0.1, 0.15) is 0 Å². The van der Waals surface area contributed by atoms with Gasteiger partial charge in [0.25, 0.3) is 0 Å². The van der Waals surface area contributed by atoms with Crippen LogP contribution in [-0.2, 0) is 6.42 Å². The number of H-pyrrole nitrogens is 1. The van der Waals surface area contributed by atoms with Crippen LogP contribution in [0.15, 0.2) is 22.8 Å². The number of rotatable bonds is 1. The van der Waals surface area contributed by atoms with Gasteiger partial charge >= 0.3 is 0 Å². The lowest BCUT2D eigenvalue weighted by molar-refractivity contribution is 1.11. The number of benzene rings is 1. The summed E-state index contributed by atoms with van der Waals surface area (Å²) in [7, 11) is 0. The first-order valence-corrected chi connectivity index (χ1v) is 4.72. The number of aromatic nitrogens is 2. The van der Waals surface area contributed by atoms with Crippen molar-refractivity contribution in [1.82, 2.24) is 10.2 Å². The van der Waals surface area contributed by atoms with Gasteiger partial charge in [0.05, 0.1) is 11.7 Å². The maximum Gasteiger partial charge on any atom is 0.0664 e. The van der Waals surface area contributed by atoms with E-state index in [1.165, 1.54) is 5.56 Å². The molecule has 1 heterocycles. The Balaban J connectivity index is 2.75. The minimum atomic E-state index is 1.05. The van der Waals surface area contributed by atoms with E-state index in [0.29, 0.717) is 0 Å². The highest BCUT2D eigenvalue weighted by Gasteiger charge is 2.01. The molecule has 0 fully saturated rings. The third-order valence-corrected chi connectivity index (χ3v) is 2.63. The second-order valence-corrected chi connectivity index (χ2v) is 3.62. The summed E-state index contributed by atoms with van der Waals surface area (Å²) < 4.78 is 1.12. The highest BCUT2D eigenvalue weighted by atomic mass is 79.9. The van der Waals surface area contributed by atoms with Gasteiger partial charge in [0.2, 0.25) is 0 Å². The van der Waals surface area contributed by atoms with Gasteiger partial charge in [-0.05, 0) is 24.1 Å². The fraction of sp³-hybridized carbons (Fsp3) is 0.222. The first-order chi connectivity index (χ1) is 5.81. The van der Waals surface area contributed by atoms with Crippen LogP contribution in [0.2, 0.25) is 0 Å². The number of nitrogens with zero attached hydrogens (tertiary/aromatic N) is 1. The van der Waals surface area contributed by atoms with Gasteiger partial charge < -0.3 is 0 Å². The molecule has 0 aliphatic heterocycles. The quantitative estimate of drug-likeness (QED) is 0.794. The average Bonchev–Trinajstić information content (AvgIpc) is 2.52. The molecule has 0 unspecified atom stereocenters. The largest absolute Gasteiger partial charge is 0.278 e. The lowest BCUT2D eigenvalue weighted by atomic mass is 10.1. The van der Waals surface area contributed by atoms with Gasteiger partial charge in [0, 0.05) is 9.86 Å². The fourth-order valence-electron chi connectivity index (χ4n) is 1.27. The maximum atomic E-state index is 3.98. The van der Waals surface area contributed by atoms with Crippen molar-refractivity contribution in [3.63, 3.8) is 0 Å². The summed E-state index contributed by atoms with van der Waals surface area (Å²) in [6, 6.07) is 4.27. The molecule has 0 saturated carbocycles. The van der Waals surface area contributed by atoms with Gasteiger partial charge in [-0.1, -0.05) is 22.9 Å². The van der Waals surface area contributed by atoms with E-state index in [9.17, 15) is 0 Å². The van der Waals surface area contributed by atoms with Gasteiger partial charge in [-0.15, -0.1) is 0 Å². The topological polar surface area (TPSA) is 28.7 Å². The van der Waals surface area contributed by atoms with Crippen molar-refractivity contribution in [2.24, 2.45) is 0 Å². The van der Waals surface area contributed by atoms with Gasteiger partial charge in [-0.2, -0.15) is 5.10 Å². The highest BCUT2D eigenvalue weighted by molar-refractivity contribution is 9.10. The summed E-state index contributed by atoms with van der Waals surface area (Å²) in [5.41, 5.74) is 2.42. The monoisotopic (exact) mass is 224 g/mol. The van der Waals surface area contributed by atoms with E-state index >= 15 is 0 Å². The molecule has 1 aromatic carbocycles. The van der Waals surface area contributed by atoms with Gasteiger partial charge in [-0.25, -0.2) is 0 Å². The highest BCUT2D eigenvalue weighted by Crippen LogP contribution is 2.24. The van der Waals surface area contributed by atoms with E-state index in [1.807, 2.05) is 6.20 Å². The second kappa shape index (κ2) is 2.90. The van der Waals surface area contributed by atoms with Gasteiger partial charge in [-0.3, -0.25) is 5.10 Å². The van der Waals surface area contributed by atoms with Crippen LogP contribution >= 0.6 is 15.9 Å². The van der Waals surface area contributed by atoms with E-state index < -0.39 is 0 Å². The van der Waals surface area contributed by atoms with Crippen LogP contribution in [0, 0.1) is 0 Å². The number of fused-ring (bicyclic) bond motifs is 1. The van der Waals surface area contributed by atoms with Crippen LogP contribution in [0.1, 0.15) is 12.5 Å². The first kappa shape index (κ1) is 7.80. The predicted octanol–water partition coefficient (Wildman–Crippen LogP) is 2.89. The molecule has 2 aromatic rings. The molecule has 3 heteroatoms. The molecule has 0 amide bonds. The Labute approximate surface area is 79.1 Å². The lowest BCUT2D eigenvalue weighted by Gasteiger charge is -1.98. The Morgan fingerprint density at radius 1 is 1.50 bits per heavy atom. The number of hydrogen-bond acceptors (Lipinski definition) is 1. The second-order valence-electron chi connectivity index (χ2n) is 2.76. The summed E-state index contributed by atoms with van der Waals surface area (Å²) in [6.07, 6.45) is 2.88. The minimum absolute atomic E-state index is 1.05. The molecule has 12 heavy (non-hydrogen) atoms. The standard InChI is InChI=1S/C9H9BrN2/c1-2-6-3-8(10)7-5-11-12-9(7)4-6/h3-5H,2H2,1H3,(H,11,12). The third kappa shape index (κ3) is 1.14. The van der Waals surface area contributed by atoms with E-state index in [0.717, 1.165) is 21.8 Å². The summed E-state index contributed by atoms with van der Waals surface area (Å²) in [5, 5.41) is 8.08. The molecule has 0 bridgehead atoms. The maximum absolute atomic E-state index is 3.98. The Kier molecular flexibility index (Phi) is 1.89. The number of nitrogens with one attached hydrogen (secondary N) is 1. The Morgan fingerprint density at radius 3 is 3.08 bits per heavy atom. The van der Waals surface area contributed by atoms with Crippen molar-refractivity contribution < 1.29 is 0 Å². The van der Waals surface area contributed by atoms with Crippen LogP contribution in [-0.4, -0.2) is 10.2 Å². The van der Waals surface area contributed by atoms with Crippen molar-refractivity contribution in [2.45, 2.75) is 13.3 Å². The SMILES string of the molecule is CCc1cc(Br)c2cn[nH]c2c1. The van der Waals surface area contributed by atoms with E-state index in [1.54, 1.807) is 0 Å². The van der Waals surface area contributed by atoms with Crippen LogP contribution < -0.4 is 0 Å². The molecule has 0 atom stereocenters. The summed E-state index contributed by atoms with van der Waals surface area (Å²) >= 11 is 3.51. The fourth-order valence-corrected chi connectivity index (χ4v) is 1.88. The smallest absolute Gasteiger partial charge is 0.0664 e. The molecule has 0 aliphatic rings. The average molecular weight is 225 g/mol. The van der Waals surface area contributed by atoms with Crippen LogP contribution in [0.4, 0.5) is 0 Å². The number of hydrogen-bond donors (Lipinski definition) is 1. The number of aromatic amines is 1. The molecule has 0 aliphatic carbocycles. The first-order valence-electron chi connectivity index (χ1n) is 3.92. The zero-order valence-corrected chi connectivity index (χ0v) is 8.35. The zero-order valence-electron chi connectivity index (χ0n) is 6.76.